The zero-order valence-electron chi connectivity index (χ0n) is 15.7. The van der Waals surface area contributed by atoms with Gasteiger partial charge in [-0.2, -0.15) is 0 Å². The number of benzene rings is 2. The van der Waals surface area contributed by atoms with Gasteiger partial charge in [-0.3, -0.25) is 4.79 Å². The monoisotopic (exact) mass is 382 g/mol. The number of rotatable bonds is 2. The van der Waals surface area contributed by atoms with E-state index in [2.05, 4.69) is 24.5 Å². The van der Waals surface area contributed by atoms with Crippen LogP contribution < -0.4 is 15.4 Å². The Bertz CT molecular complexity index is 949. The quantitative estimate of drug-likeness (QED) is 0.712. The lowest BCUT2D eigenvalue weighted by molar-refractivity contribution is -0.118. The Kier molecular flexibility index (Phi) is 4.39. The first-order chi connectivity index (χ1) is 12.9. The fourth-order valence-corrected chi connectivity index (χ4v) is 4.27. The Balaban J connectivity index is 1.87. The summed E-state index contributed by atoms with van der Waals surface area (Å²) < 4.78 is 5.28. The van der Waals surface area contributed by atoms with Crippen molar-refractivity contribution < 1.29 is 9.53 Å². The number of halogens is 1. The summed E-state index contributed by atoms with van der Waals surface area (Å²) in [5.74, 6) is 0.795. The molecule has 0 saturated heterocycles. The van der Waals surface area contributed by atoms with Crippen LogP contribution >= 0.6 is 11.6 Å². The van der Waals surface area contributed by atoms with E-state index in [-0.39, 0.29) is 17.2 Å². The highest BCUT2D eigenvalue weighted by Crippen LogP contribution is 2.45. The number of ether oxygens (including phenoxy) is 1. The number of hydrogen-bond donors (Lipinski definition) is 2. The van der Waals surface area contributed by atoms with Crippen LogP contribution in [0.1, 0.15) is 38.3 Å². The molecule has 0 saturated carbocycles. The number of anilines is 2. The smallest absolute Gasteiger partial charge is 0.163 e. The first-order valence-corrected chi connectivity index (χ1v) is 9.48. The largest absolute Gasteiger partial charge is 0.495 e. The van der Waals surface area contributed by atoms with Crippen LogP contribution in [0.5, 0.6) is 5.75 Å². The molecule has 27 heavy (non-hydrogen) atoms. The molecule has 0 unspecified atom stereocenters. The number of methoxy groups -OCH3 is 1. The van der Waals surface area contributed by atoms with Crippen molar-refractivity contribution in [1.29, 1.82) is 0 Å². The van der Waals surface area contributed by atoms with Crippen LogP contribution in [0.25, 0.3) is 0 Å². The van der Waals surface area contributed by atoms with Crippen LogP contribution in [-0.4, -0.2) is 12.9 Å². The fourth-order valence-electron chi connectivity index (χ4n) is 4.00. The van der Waals surface area contributed by atoms with Gasteiger partial charge in [0.15, 0.2) is 5.78 Å². The predicted molar refractivity (Wildman–Crippen MR) is 109 cm³/mol. The number of hydrogen-bond acceptors (Lipinski definition) is 4. The normalized spacial score (nSPS) is 20.7. The summed E-state index contributed by atoms with van der Waals surface area (Å²) in [5.41, 5.74) is 4.62. The van der Waals surface area contributed by atoms with E-state index in [1.165, 1.54) is 0 Å². The number of para-hydroxylation sites is 2. The summed E-state index contributed by atoms with van der Waals surface area (Å²) in [6, 6.07) is 13.5. The lowest BCUT2D eigenvalue weighted by Crippen LogP contribution is -2.31. The summed E-state index contributed by atoms with van der Waals surface area (Å²) >= 11 is 6.38. The van der Waals surface area contributed by atoms with Crippen molar-refractivity contribution in [1.82, 2.24) is 0 Å². The van der Waals surface area contributed by atoms with Gasteiger partial charge in [0.1, 0.15) is 5.75 Å². The topological polar surface area (TPSA) is 50.4 Å². The van der Waals surface area contributed by atoms with Crippen molar-refractivity contribution in [2.75, 3.05) is 17.7 Å². The van der Waals surface area contributed by atoms with Crippen LogP contribution in [0, 0.1) is 5.41 Å². The Morgan fingerprint density at radius 1 is 1.11 bits per heavy atom. The van der Waals surface area contributed by atoms with E-state index in [1.807, 2.05) is 42.5 Å². The number of Topliss-reactive ketones (excluding diaryl/α,β-unsaturated/α-hetero) is 1. The van der Waals surface area contributed by atoms with Crippen molar-refractivity contribution in [2.24, 2.45) is 5.41 Å². The van der Waals surface area contributed by atoms with Gasteiger partial charge in [0.2, 0.25) is 0 Å². The summed E-state index contributed by atoms with van der Waals surface area (Å²) in [7, 11) is 1.60. The van der Waals surface area contributed by atoms with E-state index in [4.69, 9.17) is 16.3 Å². The molecule has 5 heteroatoms. The Labute approximate surface area is 164 Å². The second-order valence-electron chi connectivity index (χ2n) is 7.98. The zero-order valence-corrected chi connectivity index (χ0v) is 16.5. The van der Waals surface area contributed by atoms with Crippen LogP contribution in [-0.2, 0) is 4.79 Å². The molecular weight excluding hydrogens is 360 g/mol. The molecule has 2 N–H and O–H groups in total. The summed E-state index contributed by atoms with van der Waals surface area (Å²) in [4.78, 5) is 13.1. The van der Waals surface area contributed by atoms with Gasteiger partial charge in [0.05, 0.1) is 29.5 Å². The van der Waals surface area contributed by atoms with Crippen molar-refractivity contribution in [3.8, 4) is 5.75 Å². The molecular formula is C22H23ClN2O2. The Morgan fingerprint density at radius 3 is 2.56 bits per heavy atom. The molecule has 0 spiro atoms. The molecule has 4 rings (SSSR count). The Hall–Kier alpha value is -2.46. The minimum Gasteiger partial charge on any atom is -0.495 e. The standard InChI is InChI=1S/C22H23ClN2O2/c1-22(2)11-17-20(18(26)12-22)21(13-8-9-19(27-3)14(23)10-13)25-16-7-5-4-6-15(16)24-17/h4-10,21,24-25H,11-12H2,1-3H3/t21-/m1/s1. The first-order valence-electron chi connectivity index (χ1n) is 9.10. The van der Waals surface area contributed by atoms with Crippen molar-refractivity contribution in [3.63, 3.8) is 0 Å². The number of nitrogens with one attached hydrogen (secondary N) is 2. The van der Waals surface area contributed by atoms with Crippen molar-refractivity contribution in [2.45, 2.75) is 32.7 Å². The predicted octanol–water partition coefficient (Wildman–Crippen LogP) is 5.57. The van der Waals surface area contributed by atoms with Gasteiger partial charge in [0.25, 0.3) is 0 Å². The van der Waals surface area contributed by atoms with Gasteiger partial charge in [-0.25, -0.2) is 0 Å². The van der Waals surface area contributed by atoms with Crippen LogP contribution in [0.3, 0.4) is 0 Å². The highest BCUT2D eigenvalue weighted by Gasteiger charge is 2.38. The number of carbonyl (C=O) groups is 1. The molecule has 2 aliphatic rings. The van der Waals surface area contributed by atoms with Gasteiger partial charge in [0, 0.05) is 17.7 Å². The highest BCUT2D eigenvalue weighted by atomic mass is 35.5. The molecule has 1 aliphatic heterocycles. The van der Waals surface area contributed by atoms with E-state index in [9.17, 15) is 4.79 Å². The molecule has 1 atom stereocenters. The average Bonchev–Trinajstić information content (AvgIpc) is 2.77. The maximum absolute atomic E-state index is 13.1. The van der Waals surface area contributed by atoms with E-state index in [0.717, 1.165) is 34.6 Å². The maximum Gasteiger partial charge on any atom is 0.163 e. The van der Waals surface area contributed by atoms with Gasteiger partial charge in [-0.1, -0.05) is 43.6 Å². The summed E-state index contributed by atoms with van der Waals surface area (Å²) in [6.45, 7) is 4.28. The molecule has 1 heterocycles. The molecule has 0 fully saturated rings. The van der Waals surface area contributed by atoms with Crippen molar-refractivity contribution >= 4 is 28.8 Å². The van der Waals surface area contributed by atoms with Crippen LogP contribution in [0.15, 0.2) is 53.7 Å². The van der Waals surface area contributed by atoms with Crippen molar-refractivity contribution in [3.05, 3.63) is 64.3 Å². The number of carbonyl (C=O) groups excluding carboxylic acids is 1. The van der Waals surface area contributed by atoms with Crippen LogP contribution in [0.2, 0.25) is 5.02 Å². The third kappa shape index (κ3) is 3.30. The zero-order chi connectivity index (χ0) is 19.2. The van der Waals surface area contributed by atoms with E-state index < -0.39 is 0 Å². The number of ketones is 1. The molecule has 1 aliphatic carbocycles. The third-order valence-electron chi connectivity index (χ3n) is 5.23. The first kappa shape index (κ1) is 17.9. The average molecular weight is 383 g/mol. The van der Waals surface area contributed by atoms with Gasteiger partial charge in [-0.05, 0) is 41.7 Å². The Morgan fingerprint density at radius 2 is 1.85 bits per heavy atom. The minimum absolute atomic E-state index is 0.0652. The lowest BCUT2D eigenvalue weighted by Gasteiger charge is -2.34. The van der Waals surface area contributed by atoms with E-state index in [0.29, 0.717) is 17.2 Å². The van der Waals surface area contributed by atoms with Gasteiger partial charge >= 0.3 is 0 Å². The minimum atomic E-state index is -0.261. The molecule has 0 aromatic heterocycles. The molecule has 0 bridgehead atoms. The molecule has 4 nitrogen and oxygen atoms in total. The summed E-state index contributed by atoms with van der Waals surface area (Å²) in [6.07, 6.45) is 1.36. The van der Waals surface area contributed by atoms with Crippen LogP contribution in [0.4, 0.5) is 11.4 Å². The molecule has 2 aromatic carbocycles. The summed E-state index contributed by atoms with van der Waals surface area (Å²) in [5, 5.41) is 7.61. The second-order valence-corrected chi connectivity index (χ2v) is 8.38. The third-order valence-corrected chi connectivity index (χ3v) is 5.53. The molecule has 140 valence electrons. The lowest BCUT2D eigenvalue weighted by atomic mass is 9.73. The molecule has 0 amide bonds. The molecule has 0 radical (unpaired) electrons. The second kappa shape index (κ2) is 6.61. The number of fused-ring (bicyclic) bond motifs is 1. The number of allylic oxidation sites excluding steroid dienone is 1. The van der Waals surface area contributed by atoms with Gasteiger partial charge < -0.3 is 15.4 Å². The fraction of sp³-hybridized carbons (Fsp3) is 0.318. The van der Waals surface area contributed by atoms with E-state index in [1.54, 1.807) is 7.11 Å². The maximum atomic E-state index is 13.1. The SMILES string of the molecule is COc1ccc([C@H]2Nc3ccccc3NC3=C2C(=O)CC(C)(C)C3)cc1Cl. The highest BCUT2D eigenvalue weighted by molar-refractivity contribution is 6.32. The molecule has 2 aromatic rings. The van der Waals surface area contributed by atoms with Gasteiger partial charge in [-0.15, -0.1) is 0 Å². The van der Waals surface area contributed by atoms with E-state index >= 15 is 0 Å².